The van der Waals surface area contributed by atoms with Crippen molar-refractivity contribution in [2.45, 2.75) is 46.7 Å². The van der Waals surface area contributed by atoms with Crippen LogP contribution in [0.4, 0.5) is 0 Å². The molecule has 0 unspecified atom stereocenters. The predicted octanol–water partition coefficient (Wildman–Crippen LogP) is 3.52. The van der Waals surface area contributed by atoms with Gasteiger partial charge in [-0.05, 0) is 41.2 Å². The minimum atomic E-state index is 0.1000. The molecule has 0 bridgehead atoms. The highest BCUT2D eigenvalue weighted by Gasteiger charge is 2.20. The van der Waals surface area contributed by atoms with Crippen LogP contribution in [-0.4, -0.2) is 64.8 Å². The van der Waals surface area contributed by atoms with Gasteiger partial charge < -0.3 is 9.73 Å². The smallest absolute Gasteiger partial charge is 0.288 e. The van der Waals surface area contributed by atoms with Crippen molar-refractivity contribution in [2.75, 3.05) is 39.3 Å². The number of hydrogen-bond donors (Lipinski definition) is 1. The first-order valence-corrected chi connectivity index (χ1v) is 11.4. The molecule has 31 heavy (non-hydrogen) atoms. The molecule has 1 N–H and O–H groups in total. The average Bonchev–Trinajstić information content (AvgIpc) is 3.08. The fourth-order valence-electron chi connectivity index (χ4n) is 3.48. The number of amides is 1. The fourth-order valence-corrected chi connectivity index (χ4v) is 3.66. The summed E-state index contributed by atoms with van der Waals surface area (Å²) in [6, 6.07) is 8.30. The second kappa shape index (κ2) is 10.1. The summed E-state index contributed by atoms with van der Waals surface area (Å²) >= 11 is 5.40. The van der Waals surface area contributed by atoms with Gasteiger partial charge in [-0.25, -0.2) is 4.68 Å². The summed E-state index contributed by atoms with van der Waals surface area (Å²) in [5.74, 6) is 1.11. The topological polar surface area (TPSA) is 66.5 Å². The van der Waals surface area contributed by atoms with Crippen molar-refractivity contribution in [1.82, 2.24) is 24.9 Å². The maximum Gasteiger partial charge on any atom is 0.288 e. The third kappa shape index (κ3) is 6.72. The molecule has 2 aromatic rings. The molecule has 0 saturated carbocycles. The Morgan fingerprint density at radius 3 is 2.32 bits per heavy atom. The molecule has 1 aliphatic rings. The van der Waals surface area contributed by atoms with Crippen molar-refractivity contribution in [1.29, 1.82) is 0 Å². The van der Waals surface area contributed by atoms with Crippen LogP contribution in [0.1, 0.15) is 40.2 Å². The summed E-state index contributed by atoms with van der Waals surface area (Å²) in [7, 11) is 0. The lowest BCUT2D eigenvalue weighted by Gasteiger charge is -2.33. The average molecular weight is 446 g/mol. The highest BCUT2D eigenvalue weighted by molar-refractivity contribution is 7.71. The first-order chi connectivity index (χ1) is 14.6. The number of carbonyl (C=O) groups is 1. The Labute approximate surface area is 190 Å². The van der Waals surface area contributed by atoms with Crippen LogP contribution < -0.4 is 5.32 Å². The number of hydrogen-bond acceptors (Lipinski definition) is 6. The quantitative estimate of drug-likeness (QED) is 0.658. The molecule has 0 atom stereocenters. The standard InChI is InChI=1S/C23H35N5O2S/c1-17(2)14-24-20(29)15-26-10-12-27(13-11-26)16-28-22(31)30-21(25-28)18-6-8-19(9-7-18)23(3,4)5/h6-9,17H,10-16H2,1-5H3,(H,24,29). The van der Waals surface area contributed by atoms with Crippen LogP contribution >= 0.6 is 12.2 Å². The van der Waals surface area contributed by atoms with Gasteiger partial charge in [0.05, 0.1) is 13.2 Å². The maximum absolute atomic E-state index is 12.0. The van der Waals surface area contributed by atoms with Gasteiger partial charge in [-0.3, -0.25) is 14.6 Å². The zero-order chi connectivity index (χ0) is 22.6. The minimum Gasteiger partial charge on any atom is -0.409 e. The van der Waals surface area contributed by atoms with Crippen LogP contribution in [0.3, 0.4) is 0 Å². The van der Waals surface area contributed by atoms with Gasteiger partial charge in [0.15, 0.2) is 0 Å². The number of benzene rings is 1. The van der Waals surface area contributed by atoms with Gasteiger partial charge in [0, 0.05) is 38.3 Å². The second-order valence-electron chi connectivity index (χ2n) is 9.73. The molecular weight excluding hydrogens is 410 g/mol. The Morgan fingerprint density at radius 1 is 1.13 bits per heavy atom. The second-order valence-corrected chi connectivity index (χ2v) is 10.1. The number of piperazine rings is 1. The number of rotatable bonds is 7. The molecule has 2 heterocycles. The van der Waals surface area contributed by atoms with E-state index in [0.717, 1.165) is 38.3 Å². The van der Waals surface area contributed by atoms with Gasteiger partial charge in [-0.2, -0.15) is 0 Å². The molecule has 1 aliphatic heterocycles. The summed E-state index contributed by atoms with van der Waals surface area (Å²) in [4.78, 5) is 16.9. The molecule has 3 rings (SSSR count). The highest BCUT2D eigenvalue weighted by Crippen LogP contribution is 2.25. The molecule has 0 aliphatic carbocycles. The van der Waals surface area contributed by atoms with E-state index in [2.05, 4.69) is 67.0 Å². The molecule has 0 spiro atoms. The molecule has 0 radical (unpaired) electrons. The van der Waals surface area contributed by atoms with Crippen LogP contribution in [0.15, 0.2) is 28.7 Å². The molecule has 8 heteroatoms. The minimum absolute atomic E-state index is 0.1000. The normalized spacial score (nSPS) is 16.1. The van der Waals surface area contributed by atoms with Crippen LogP contribution in [0, 0.1) is 10.8 Å². The van der Waals surface area contributed by atoms with Crippen molar-refractivity contribution < 1.29 is 9.21 Å². The van der Waals surface area contributed by atoms with E-state index in [9.17, 15) is 4.79 Å². The molecule has 1 fully saturated rings. The SMILES string of the molecule is CC(C)CNC(=O)CN1CCN(Cn2nc(-c3ccc(C(C)(C)C)cc3)oc2=S)CC1. The van der Waals surface area contributed by atoms with Gasteiger partial charge in [0.25, 0.3) is 4.84 Å². The van der Waals surface area contributed by atoms with E-state index < -0.39 is 0 Å². The van der Waals surface area contributed by atoms with Gasteiger partial charge >= 0.3 is 0 Å². The molecule has 1 aromatic carbocycles. The maximum atomic E-state index is 12.0. The van der Waals surface area contributed by atoms with E-state index >= 15 is 0 Å². The Kier molecular flexibility index (Phi) is 7.67. The van der Waals surface area contributed by atoms with Crippen molar-refractivity contribution in [2.24, 2.45) is 5.92 Å². The van der Waals surface area contributed by atoms with Crippen molar-refractivity contribution in [3.8, 4) is 11.5 Å². The van der Waals surface area contributed by atoms with Crippen molar-refractivity contribution in [3.63, 3.8) is 0 Å². The fraction of sp³-hybridized carbons (Fsp3) is 0.609. The van der Waals surface area contributed by atoms with Gasteiger partial charge in [0.2, 0.25) is 11.8 Å². The predicted molar refractivity (Wildman–Crippen MR) is 125 cm³/mol. The summed E-state index contributed by atoms with van der Waals surface area (Å²) in [5, 5.41) is 7.58. The van der Waals surface area contributed by atoms with E-state index in [1.807, 2.05) is 12.1 Å². The Morgan fingerprint density at radius 2 is 1.74 bits per heavy atom. The third-order valence-corrected chi connectivity index (χ3v) is 5.77. The molecule has 170 valence electrons. The summed E-state index contributed by atoms with van der Waals surface area (Å²) in [6.45, 7) is 16.0. The molecular formula is C23H35N5O2S. The van der Waals surface area contributed by atoms with Crippen LogP contribution in [0.5, 0.6) is 0 Å². The van der Waals surface area contributed by atoms with E-state index in [1.165, 1.54) is 5.56 Å². The van der Waals surface area contributed by atoms with E-state index in [1.54, 1.807) is 4.68 Å². The highest BCUT2D eigenvalue weighted by atomic mass is 32.1. The van der Waals surface area contributed by atoms with E-state index in [0.29, 0.717) is 29.9 Å². The molecule has 1 saturated heterocycles. The van der Waals surface area contributed by atoms with Gasteiger partial charge in [-0.15, -0.1) is 5.10 Å². The summed E-state index contributed by atoms with van der Waals surface area (Å²) in [5.41, 5.74) is 2.30. The van der Waals surface area contributed by atoms with Gasteiger partial charge in [-0.1, -0.05) is 46.8 Å². The summed E-state index contributed by atoms with van der Waals surface area (Å²) < 4.78 is 7.51. The number of nitrogens with zero attached hydrogens (tertiary/aromatic N) is 4. The summed E-state index contributed by atoms with van der Waals surface area (Å²) in [6.07, 6.45) is 0. The monoisotopic (exact) mass is 445 g/mol. The zero-order valence-corrected chi connectivity index (χ0v) is 20.2. The van der Waals surface area contributed by atoms with Crippen LogP contribution in [0.25, 0.3) is 11.5 Å². The van der Waals surface area contributed by atoms with E-state index in [4.69, 9.17) is 16.6 Å². The Hall–Kier alpha value is -2.03. The van der Waals surface area contributed by atoms with Crippen molar-refractivity contribution in [3.05, 3.63) is 34.7 Å². The molecule has 7 nitrogen and oxygen atoms in total. The number of nitrogens with one attached hydrogen (secondary N) is 1. The lowest BCUT2D eigenvalue weighted by atomic mass is 9.87. The number of carbonyl (C=O) groups excluding carboxylic acids is 1. The molecule has 1 aromatic heterocycles. The lowest BCUT2D eigenvalue weighted by Crippen LogP contribution is -2.50. The van der Waals surface area contributed by atoms with Crippen LogP contribution in [-0.2, 0) is 16.9 Å². The van der Waals surface area contributed by atoms with Gasteiger partial charge in [0.1, 0.15) is 0 Å². The first-order valence-electron chi connectivity index (χ1n) is 11.0. The first kappa shape index (κ1) is 23.6. The molecule has 1 amide bonds. The third-order valence-electron chi connectivity index (χ3n) is 5.48. The lowest BCUT2D eigenvalue weighted by molar-refractivity contribution is -0.122. The van der Waals surface area contributed by atoms with E-state index in [-0.39, 0.29) is 11.3 Å². The zero-order valence-electron chi connectivity index (χ0n) is 19.4. The van der Waals surface area contributed by atoms with Crippen LogP contribution in [0.2, 0.25) is 0 Å². The Bertz CT molecular complexity index is 919. The Balaban J connectivity index is 1.53. The van der Waals surface area contributed by atoms with Crippen molar-refractivity contribution >= 4 is 18.1 Å². The largest absolute Gasteiger partial charge is 0.409 e. The number of aromatic nitrogens is 2.